The lowest BCUT2D eigenvalue weighted by atomic mass is 9.83. The van der Waals surface area contributed by atoms with E-state index in [-0.39, 0.29) is 42.3 Å². The molecular weight excluding hydrogens is 488 g/mol. The molecule has 0 amide bonds. The van der Waals surface area contributed by atoms with Crippen molar-refractivity contribution in [3.05, 3.63) is 47.5 Å². The average Bonchev–Trinajstić information content (AvgIpc) is 2.91. The van der Waals surface area contributed by atoms with Gasteiger partial charge in [0.2, 0.25) is 0 Å². The predicted molar refractivity (Wildman–Crippen MR) is 131 cm³/mol. The van der Waals surface area contributed by atoms with Crippen molar-refractivity contribution in [1.82, 2.24) is 0 Å². The van der Waals surface area contributed by atoms with Gasteiger partial charge in [-0.15, -0.1) is 0 Å². The van der Waals surface area contributed by atoms with Crippen LogP contribution in [-0.2, 0) is 22.3 Å². The van der Waals surface area contributed by atoms with Gasteiger partial charge in [0.1, 0.15) is 24.4 Å². The first kappa shape index (κ1) is 28.9. The summed E-state index contributed by atoms with van der Waals surface area (Å²) in [6.45, 7) is -0.822. The SMILES string of the molecule is COc1cc(C[C@H](CO)[C@@H](CO[C@@H]2O[C@H](CO)[C@@H](O)[C@H](O)[C@H]2O)Cc2ccc(O)c(OC)c2)ccc1O. The number of methoxy groups -OCH3 is 2. The average molecular weight is 525 g/mol. The molecule has 0 bridgehead atoms. The molecule has 206 valence electrons. The predicted octanol–water partition coefficient (Wildman–Crippen LogP) is -0.0586. The second-order valence-corrected chi connectivity index (χ2v) is 9.15. The third-order valence-electron chi connectivity index (χ3n) is 6.71. The van der Waals surface area contributed by atoms with Gasteiger partial charge in [0, 0.05) is 6.61 Å². The molecule has 1 heterocycles. The number of rotatable bonds is 12. The lowest BCUT2D eigenvalue weighted by Gasteiger charge is -2.40. The Bertz CT molecular complexity index is 998. The van der Waals surface area contributed by atoms with E-state index in [2.05, 4.69) is 0 Å². The van der Waals surface area contributed by atoms with Gasteiger partial charge in [0.15, 0.2) is 29.3 Å². The highest BCUT2D eigenvalue weighted by atomic mass is 16.7. The van der Waals surface area contributed by atoms with Gasteiger partial charge >= 0.3 is 0 Å². The van der Waals surface area contributed by atoms with Gasteiger partial charge in [-0.05, 0) is 60.1 Å². The number of benzene rings is 2. The molecular formula is C26H36O11. The molecule has 0 aliphatic carbocycles. The Balaban J connectivity index is 1.83. The summed E-state index contributed by atoms with van der Waals surface area (Å²) in [5.41, 5.74) is 1.59. The monoisotopic (exact) mass is 524 g/mol. The zero-order valence-corrected chi connectivity index (χ0v) is 20.8. The summed E-state index contributed by atoms with van der Waals surface area (Å²) in [5, 5.41) is 70.1. The van der Waals surface area contributed by atoms with Crippen molar-refractivity contribution in [2.45, 2.75) is 43.5 Å². The number of phenols is 2. The maximum Gasteiger partial charge on any atom is 0.186 e. The fraction of sp³-hybridized carbons (Fsp3) is 0.538. The zero-order chi connectivity index (χ0) is 27.1. The van der Waals surface area contributed by atoms with Gasteiger partial charge in [0.05, 0.1) is 27.4 Å². The summed E-state index contributed by atoms with van der Waals surface area (Å²) in [6, 6.07) is 9.80. The van der Waals surface area contributed by atoms with Crippen LogP contribution in [0.3, 0.4) is 0 Å². The van der Waals surface area contributed by atoms with Gasteiger partial charge in [-0.25, -0.2) is 0 Å². The number of aromatic hydroxyl groups is 2. The quantitative estimate of drug-likeness (QED) is 0.198. The van der Waals surface area contributed by atoms with Crippen molar-refractivity contribution in [2.75, 3.05) is 34.0 Å². The molecule has 0 spiro atoms. The third kappa shape index (κ3) is 7.02. The van der Waals surface area contributed by atoms with Crippen molar-refractivity contribution >= 4 is 0 Å². The molecule has 1 aliphatic heterocycles. The van der Waals surface area contributed by atoms with Gasteiger partial charge in [-0.1, -0.05) is 12.1 Å². The highest BCUT2D eigenvalue weighted by Gasteiger charge is 2.44. The lowest BCUT2D eigenvalue weighted by molar-refractivity contribution is -0.304. The van der Waals surface area contributed by atoms with Crippen molar-refractivity contribution in [1.29, 1.82) is 0 Å². The van der Waals surface area contributed by atoms with E-state index in [1.807, 2.05) is 0 Å². The Hall–Kier alpha value is -2.64. The lowest BCUT2D eigenvalue weighted by Crippen LogP contribution is -2.59. The Labute approximate surface area is 215 Å². The largest absolute Gasteiger partial charge is 0.504 e. The molecule has 11 heteroatoms. The molecule has 0 saturated carbocycles. The Morgan fingerprint density at radius 3 is 1.81 bits per heavy atom. The molecule has 7 N–H and O–H groups in total. The van der Waals surface area contributed by atoms with Gasteiger partial charge in [0.25, 0.3) is 0 Å². The Morgan fingerprint density at radius 2 is 1.32 bits per heavy atom. The van der Waals surface area contributed by atoms with E-state index in [0.29, 0.717) is 18.6 Å². The van der Waals surface area contributed by atoms with E-state index in [1.165, 1.54) is 26.4 Å². The van der Waals surface area contributed by atoms with Crippen LogP contribution in [0.15, 0.2) is 36.4 Å². The van der Waals surface area contributed by atoms with Crippen LogP contribution in [0.2, 0.25) is 0 Å². The van der Waals surface area contributed by atoms with Crippen LogP contribution in [0, 0.1) is 11.8 Å². The summed E-state index contributed by atoms with van der Waals surface area (Å²) < 4.78 is 21.7. The maximum atomic E-state index is 10.4. The first-order chi connectivity index (χ1) is 17.7. The summed E-state index contributed by atoms with van der Waals surface area (Å²) in [6.07, 6.45) is -6.29. The maximum absolute atomic E-state index is 10.4. The second kappa shape index (κ2) is 13.2. The number of ether oxygens (including phenoxy) is 4. The fourth-order valence-electron chi connectivity index (χ4n) is 4.47. The minimum absolute atomic E-state index is 0.00881. The van der Waals surface area contributed by atoms with E-state index < -0.39 is 37.3 Å². The van der Waals surface area contributed by atoms with Crippen molar-refractivity contribution in [2.24, 2.45) is 11.8 Å². The number of hydrogen-bond donors (Lipinski definition) is 7. The molecule has 0 unspecified atom stereocenters. The van der Waals surface area contributed by atoms with Crippen molar-refractivity contribution < 1.29 is 54.7 Å². The van der Waals surface area contributed by atoms with Gasteiger partial charge in [-0.3, -0.25) is 0 Å². The van der Waals surface area contributed by atoms with E-state index in [9.17, 15) is 35.7 Å². The molecule has 37 heavy (non-hydrogen) atoms. The molecule has 1 saturated heterocycles. The molecule has 2 aromatic rings. The number of hydrogen-bond acceptors (Lipinski definition) is 11. The molecule has 3 rings (SSSR count). The van der Waals surface area contributed by atoms with Crippen LogP contribution in [0.25, 0.3) is 0 Å². The standard InChI is InChI=1S/C26H36O11/c1-34-20-9-14(3-5-18(20)29)7-16(11-27)17(8-15-4-6-19(30)21(10-15)35-2)13-36-26-25(33)24(32)23(31)22(12-28)37-26/h3-6,9-10,16-17,22-33H,7-8,11-13H2,1-2H3/t16-,17-,22-,23-,24+,25-,26-/m1/s1. The topological polar surface area (TPSA) is 179 Å². The molecule has 11 nitrogen and oxygen atoms in total. The normalized spacial score (nSPS) is 25.4. The molecule has 1 aliphatic rings. The zero-order valence-electron chi connectivity index (χ0n) is 20.8. The van der Waals surface area contributed by atoms with Gasteiger partial charge in [-0.2, -0.15) is 0 Å². The number of phenolic OH excluding ortho intramolecular Hbond substituents is 2. The summed E-state index contributed by atoms with van der Waals surface area (Å²) in [5.74, 6) is -0.160. The highest BCUT2D eigenvalue weighted by Crippen LogP contribution is 2.32. The van der Waals surface area contributed by atoms with E-state index in [4.69, 9.17) is 18.9 Å². The van der Waals surface area contributed by atoms with Crippen LogP contribution >= 0.6 is 0 Å². The second-order valence-electron chi connectivity index (χ2n) is 9.15. The first-order valence-corrected chi connectivity index (χ1v) is 12.0. The first-order valence-electron chi connectivity index (χ1n) is 12.0. The Morgan fingerprint density at radius 1 is 0.784 bits per heavy atom. The van der Waals surface area contributed by atoms with Crippen LogP contribution < -0.4 is 9.47 Å². The highest BCUT2D eigenvalue weighted by molar-refractivity contribution is 5.43. The van der Waals surface area contributed by atoms with Crippen LogP contribution in [-0.4, -0.2) is 100 Å². The van der Waals surface area contributed by atoms with E-state index in [0.717, 1.165) is 11.1 Å². The van der Waals surface area contributed by atoms with Crippen LogP contribution in [0.5, 0.6) is 23.0 Å². The van der Waals surface area contributed by atoms with E-state index in [1.54, 1.807) is 24.3 Å². The molecule has 0 aromatic heterocycles. The van der Waals surface area contributed by atoms with Gasteiger partial charge < -0.3 is 54.7 Å². The minimum Gasteiger partial charge on any atom is -0.504 e. The van der Waals surface area contributed by atoms with E-state index >= 15 is 0 Å². The van der Waals surface area contributed by atoms with Crippen molar-refractivity contribution in [3.8, 4) is 23.0 Å². The third-order valence-corrected chi connectivity index (χ3v) is 6.71. The number of aliphatic hydroxyl groups excluding tert-OH is 5. The summed E-state index contributed by atoms with van der Waals surface area (Å²) in [7, 11) is 2.88. The Kier molecular flexibility index (Phi) is 10.4. The van der Waals surface area contributed by atoms with Crippen molar-refractivity contribution in [3.63, 3.8) is 0 Å². The van der Waals surface area contributed by atoms with Crippen LogP contribution in [0.1, 0.15) is 11.1 Å². The molecule has 0 radical (unpaired) electrons. The van der Waals surface area contributed by atoms with Crippen LogP contribution in [0.4, 0.5) is 0 Å². The molecule has 2 aromatic carbocycles. The molecule has 1 fully saturated rings. The summed E-state index contributed by atoms with van der Waals surface area (Å²) in [4.78, 5) is 0. The number of aliphatic hydroxyl groups is 5. The smallest absolute Gasteiger partial charge is 0.186 e. The minimum atomic E-state index is -1.58. The fourth-order valence-corrected chi connectivity index (χ4v) is 4.47. The summed E-state index contributed by atoms with van der Waals surface area (Å²) >= 11 is 0. The molecule has 7 atom stereocenters.